The van der Waals surface area contributed by atoms with Gasteiger partial charge >= 0.3 is 0 Å². The Morgan fingerprint density at radius 3 is 2.64 bits per heavy atom. The lowest BCUT2D eigenvalue weighted by molar-refractivity contribution is -0.132. The van der Waals surface area contributed by atoms with Gasteiger partial charge in [-0.2, -0.15) is 11.8 Å². The van der Waals surface area contributed by atoms with E-state index < -0.39 is 0 Å². The number of carbonyl (C=O) groups excluding carboxylic acids is 1. The molecule has 2 aliphatic heterocycles. The van der Waals surface area contributed by atoms with Crippen molar-refractivity contribution in [2.24, 2.45) is 0 Å². The molecule has 4 heteroatoms. The molecule has 1 unspecified atom stereocenters. The Labute approximate surface area is 138 Å². The number of thioether (sulfide) groups is 1. The molecule has 1 aromatic rings. The lowest BCUT2D eigenvalue weighted by Crippen LogP contribution is -2.51. The fourth-order valence-electron chi connectivity index (χ4n) is 3.38. The maximum Gasteiger partial charge on any atom is 0.227 e. The van der Waals surface area contributed by atoms with Crippen LogP contribution >= 0.6 is 11.8 Å². The van der Waals surface area contributed by atoms with Gasteiger partial charge in [0.25, 0.3) is 0 Å². The summed E-state index contributed by atoms with van der Waals surface area (Å²) in [6.45, 7) is 6.47. The van der Waals surface area contributed by atoms with Gasteiger partial charge in [0, 0.05) is 24.6 Å². The van der Waals surface area contributed by atoms with E-state index in [9.17, 15) is 4.79 Å². The van der Waals surface area contributed by atoms with E-state index in [-0.39, 0.29) is 0 Å². The van der Waals surface area contributed by atoms with Crippen LogP contribution in [0.4, 0.5) is 0 Å². The lowest BCUT2D eigenvalue weighted by Gasteiger charge is -2.37. The van der Waals surface area contributed by atoms with Crippen molar-refractivity contribution in [3.63, 3.8) is 0 Å². The highest BCUT2D eigenvalue weighted by Gasteiger charge is 2.29. The summed E-state index contributed by atoms with van der Waals surface area (Å²) >= 11 is 2.00. The van der Waals surface area contributed by atoms with Crippen LogP contribution in [0.25, 0.3) is 0 Å². The zero-order valence-electron chi connectivity index (χ0n) is 13.5. The average molecular weight is 318 g/mol. The van der Waals surface area contributed by atoms with Crippen LogP contribution < -0.4 is 0 Å². The molecule has 2 heterocycles. The standard InChI is InChI=1S/C18H26N2OS/c1-15-4-6-16(7-5-15)12-18(21)20-10-11-22-14-17(20)13-19-8-2-3-9-19/h4-7,17H,2-3,8-14H2,1H3. The van der Waals surface area contributed by atoms with Crippen LogP contribution in [0, 0.1) is 6.92 Å². The van der Waals surface area contributed by atoms with Gasteiger partial charge in [-0.3, -0.25) is 4.79 Å². The summed E-state index contributed by atoms with van der Waals surface area (Å²) in [6.07, 6.45) is 3.18. The predicted molar refractivity (Wildman–Crippen MR) is 93.4 cm³/mol. The maximum atomic E-state index is 12.7. The van der Waals surface area contributed by atoms with Crippen LogP contribution in [0.3, 0.4) is 0 Å². The van der Waals surface area contributed by atoms with Gasteiger partial charge < -0.3 is 9.80 Å². The van der Waals surface area contributed by atoms with Gasteiger partial charge in [0.2, 0.25) is 5.91 Å². The van der Waals surface area contributed by atoms with Gasteiger partial charge in [-0.1, -0.05) is 29.8 Å². The van der Waals surface area contributed by atoms with Crippen LogP contribution in [-0.2, 0) is 11.2 Å². The smallest absolute Gasteiger partial charge is 0.227 e. The van der Waals surface area contributed by atoms with Crippen molar-refractivity contribution in [1.29, 1.82) is 0 Å². The number of benzene rings is 1. The molecule has 0 aromatic heterocycles. The van der Waals surface area contributed by atoms with E-state index >= 15 is 0 Å². The number of likely N-dealkylation sites (tertiary alicyclic amines) is 1. The van der Waals surface area contributed by atoms with Crippen molar-refractivity contribution in [2.75, 3.05) is 37.7 Å². The first-order valence-corrected chi connectivity index (χ1v) is 9.53. The van der Waals surface area contributed by atoms with E-state index in [0.717, 1.165) is 30.2 Å². The molecule has 0 aliphatic carbocycles. The second-order valence-electron chi connectivity index (χ2n) is 6.49. The molecule has 2 saturated heterocycles. The van der Waals surface area contributed by atoms with Crippen molar-refractivity contribution in [3.05, 3.63) is 35.4 Å². The normalized spacial score (nSPS) is 23.0. The number of aryl methyl sites for hydroxylation is 1. The molecule has 22 heavy (non-hydrogen) atoms. The van der Waals surface area contributed by atoms with E-state index in [1.807, 2.05) is 11.8 Å². The van der Waals surface area contributed by atoms with Crippen LogP contribution in [0.1, 0.15) is 24.0 Å². The zero-order valence-corrected chi connectivity index (χ0v) is 14.3. The van der Waals surface area contributed by atoms with Crippen molar-refractivity contribution in [3.8, 4) is 0 Å². The summed E-state index contributed by atoms with van der Waals surface area (Å²) in [5, 5.41) is 0. The number of hydrogen-bond acceptors (Lipinski definition) is 3. The third kappa shape index (κ3) is 4.05. The number of hydrogen-bond donors (Lipinski definition) is 0. The summed E-state index contributed by atoms with van der Waals surface area (Å²) in [4.78, 5) is 17.4. The van der Waals surface area contributed by atoms with Crippen LogP contribution in [0.15, 0.2) is 24.3 Å². The van der Waals surface area contributed by atoms with Gasteiger partial charge in [0.05, 0.1) is 12.5 Å². The molecule has 1 atom stereocenters. The Balaban J connectivity index is 1.61. The topological polar surface area (TPSA) is 23.6 Å². The minimum absolute atomic E-state index is 0.299. The maximum absolute atomic E-state index is 12.7. The first-order valence-electron chi connectivity index (χ1n) is 8.37. The predicted octanol–water partition coefficient (Wildman–Crippen LogP) is 2.58. The molecule has 1 amide bonds. The fourth-order valence-corrected chi connectivity index (χ4v) is 4.43. The monoisotopic (exact) mass is 318 g/mol. The Morgan fingerprint density at radius 2 is 1.91 bits per heavy atom. The van der Waals surface area contributed by atoms with Gasteiger partial charge in [0.1, 0.15) is 0 Å². The molecule has 3 nitrogen and oxygen atoms in total. The minimum Gasteiger partial charge on any atom is -0.336 e. The van der Waals surface area contributed by atoms with Crippen LogP contribution in [0.5, 0.6) is 0 Å². The molecule has 0 spiro atoms. The van der Waals surface area contributed by atoms with Gasteiger partial charge in [-0.05, 0) is 38.4 Å². The van der Waals surface area contributed by atoms with E-state index in [4.69, 9.17) is 0 Å². The number of amides is 1. The number of rotatable bonds is 4. The molecular weight excluding hydrogens is 292 g/mol. The molecule has 1 aromatic carbocycles. The summed E-state index contributed by atoms with van der Waals surface area (Å²) in [5.74, 6) is 2.47. The third-order valence-corrected chi connectivity index (χ3v) is 5.78. The molecule has 2 aliphatic rings. The highest BCUT2D eigenvalue weighted by atomic mass is 32.2. The largest absolute Gasteiger partial charge is 0.336 e. The first kappa shape index (κ1) is 15.9. The van der Waals surface area contributed by atoms with Crippen LogP contribution in [-0.4, -0.2) is 59.4 Å². The highest BCUT2D eigenvalue weighted by molar-refractivity contribution is 7.99. The molecule has 0 saturated carbocycles. The second kappa shape index (κ2) is 7.51. The van der Waals surface area contributed by atoms with Crippen molar-refractivity contribution in [1.82, 2.24) is 9.80 Å². The first-order chi connectivity index (χ1) is 10.7. The van der Waals surface area contributed by atoms with E-state index in [2.05, 4.69) is 41.0 Å². The van der Waals surface area contributed by atoms with Crippen molar-refractivity contribution >= 4 is 17.7 Å². The van der Waals surface area contributed by atoms with Gasteiger partial charge in [-0.25, -0.2) is 0 Å². The quantitative estimate of drug-likeness (QED) is 0.852. The summed E-state index contributed by atoms with van der Waals surface area (Å²) in [5.41, 5.74) is 2.38. The van der Waals surface area contributed by atoms with E-state index in [0.29, 0.717) is 18.4 Å². The summed E-state index contributed by atoms with van der Waals surface area (Å²) < 4.78 is 0. The molecule has 120 valence electrons. The number of nitrogens with zero attached hydrogens (tertiary/aromatic N) is 2. The Morgan fingerprint density at radius 1 is 1.18 bits per heavy atom. The molecular formula is C18H26N2OS. The van der Waals surface area contributed by atoms with Gasteiger partial charge in [-0.15, -0.1) is 0 Å². The molecule has 0 N–H and O–H groups in total. The summed E-state index contributed by atoms with van der Waals surface area (Å²) in [7, 11) is 0. The van der Waals surface area contributed by atoms with Crippen molar-refractivity contribution in [2.45, 2.75) is 32.2 Å². The molecule has 0 radical (unpaired) electrons. The Hall–Kier alpha value is -1.00. The number of carbonyl (C=O) groups is 1. The van der Waals surface area contributed by atoms with Gasteiger partial charge in [0.15, 0.2) is 0 Å². The molecule has 0 bridgehead atoms. The van der Waals surface area contributed by atoms with Crippen LogP contribution in [0.2, 0.25) is 0 Å². The SMILES string of the molecule is Cc1ccc(CC(=O)N2CCSCC2CN2CCCC2)cc1. The van der Waals surface area contributed by atoms with E-state index in [1.165, 1.54) is 31.5 Å². The van der Waals surface area contributed by atoms with Crippen molar-refractivity contribution < 1.29 is 4.79 Å². The molecule has 3 rings (SSSR count). The lowest BCUT2D eigenvalue weighted by atomic mass is 10.1. The Kier molecular flexibility index (Phi) is 5.42. The average Bonchev–Trinajstić information content (AvgIpc) is 3.03. The summed E-state index contributed by atoms with van der Waals surface area (Å²) in [6, 6.07) is 8.75. The molecule has 2 fully saturated rings. The fraction of sp³-hybridized carbons (Fsp3) is 0.611. The van der Waals surface area contributed by atoms with E-state index in [1.54, 1.807) is 0 Å². The highest BCUT2D eigenvalue weighted by Crippen LogP contribution is 2.20. The Bertz CT molecular complexity index is 496. The third-order valence-electron chi connectivity index (χ3n) is 4.69. The second-order valence-corrected chi connectivity index (χ2v) is 7.64. The zero-order chi connectivity index (χ0) is 15.4. The minimum atomic E-state index is 0.299.